The molecular weight excluding hydrogens is 236 g/mol. The number of aromatic nitrogens is 2. The van der Waals surface area contributed by atoms with Crippen LogP contribution in [0.25, 0.3) is 0 Å². The predicted octanol–water partition coefficient (Wildman–Crippen LogP) is 5.27. The van der Waals surface area contributed by atoms with E-state index in [9.17, 15) is 0 Å². The van der Waals surface area contributed by atoms with E-state index in [-0.39, 0.29) is 5.41 Å². The summed E-state index contributed by atoms with van der Waals surface area (Å²) in [7, 11) is 0. The third-order valence-corrected chi connectivity index (χ3v) is 4.14. The fraction of sp³-hybridized carbons (Fsp3) is 0.875. The van der Waals surface area contributed by atoms with Gasteiger partial charge in [-0.2, -0.15) is 0 Å². The van der Waals surface area contributed by atoms with Crippen molar-refractivity contribution in [1.29, 1.82) is 0 Å². The first kappa shape index (κ1) is 16.2. The summed E-state index contributed by atoms with van der Waals surface area (Å²) in [4.78, 5) is 0. The lowest BCUT2D eigenvalue weighted by molar-refractivity contribution is 0.281. The molecule has 0 aliphatic heterocycles. The van der Waals surface area contributed by atoms with Gasteiger partial charge in [0.1, 0.15) is 5.69 Å². The molecule has 0 unspecified atom stereocenters. The molecule has 1 rings (SSSR count). The molecule has 1 aromatic heterocycles. The van der Waals surface area contributed by atoms with E-state index in [2.05, 4.69) is 31.1 Å². The van der Waals surface area contributed by atoms with Crippen LogP contribution in [-0.4, -0.2) is 10.3 Å². The van der Waals surface area contributed by atoms with Crippen molar-refractivity contribution in [2.75, 3.05) is 0 Å². The first-order valence-electron chi connectivity index (χ1n) is 8.01. The van der Waals surface area contributed by atoms with Crippen LogP contribution in [0, 0.1) is 0 Å². The molecule has 3 nitrogen and oxygen atoms in total. The SMILES string of the molecule is CCCCCCC(C)(CCCCCC)c1cnon1. The number of rotatable bonds is 11. The van der Waals surface area contributed by atoms with Crippen molar-refractivity contribution in [3.8, 4) is 0 Å². The second-order valence-electron chi connectivity index (χ2n) is 5.97. The van der Waals surface area contributed by atoms with Crippen LogP contribution in [0.15, 0.2) is 10.8 Å². The summed E-state index contributed by atoms with van der Waals surface area (Å²) in [5.41, 5.74) is 1.20. The van der Waals surface area contributed by atoms with Crippen LogP contribution in [0.4, 0.5) is 0 Å². The standard InChI is InChI=1S/C16H30N2O/c1-4-6-8-10-12-16(3,13-11-9-7-5-2)15-14-17-19-18-15/h14H,4-13H2,1-3H3. The molecule has 0 saturated carbocycles. The zero-order valence-electron chi connectivity index (χ0n) is 13.0. The Hall–Kier alpha value is -0.860. The fourth-order valence-corrected chi connectivity index (χ4v) is 2.70. The molecule has 19 heavy (non-hydrogen) atoms. The molecule has 0 aliphatic carbocycles. The molecule has 0 saturated heterocycles. The zero-order chi connectivity index (χ0) is 14.0. The van der Waals surface area contributed by atoms with Crippen molar-refractivity contribution in [3.05, 3.63) is 11.9 Å². The number of hydrogen-bond donors (Lipinski definition) is 0. The van der Waals surface area contributed by atoms with Gasteiger partial charge in [0.05, 0.1) is 6.20 Å². The summed E-state index contributed by atoms with van der Waals surface area (Å²) in [5.74, 6) is 0. The predicted molar refractivity (Wildman–Crippen MR) is 79.2 cm³/mol. The Morgan fingerprint density at radius 1 is 0.947 bits per heavy atom. The maximum atomic E-state index is 4.82. The third kappa shape index (κ3) is 5.75. The van der Waals surface area contributed by atoms with Gasteiger partial charge in [0, 0.05) is 5.41 Å². The van der Waals surface area contributed by atoms with Gasteiger partial charge in [-0.05, 0) is 12.8 Å². The van der Waals surface area contributed by atoms with Gasteiger partial charge in [0.15, 0.2) is 0 Å². The van der Waals surface area contributed by atoms with Crippen LogP contribution >= 0.6 is 0 Å². The highest BCUT2D eigenvalue weighted by Crippen LogP contribution is 2.34. The van der Waals surface area contributed by atoms with Gasteiger partial charge in [0.25, 0.3) is 0 Å². The number of nitrogens with zero attached hydrogens (tertiary/aromatic N) is 2. The summed E-state index contributed by atoms with van der Waals surface area (Å²) in [6, 6.07) is 0. The van der Waals surface area contributed by atoms with Crippen LogP contribution in [0.3, 0.4) is 0 Å². The Morgan fingerprint density at radius 2 is 1.53 bits per heavy atom. The van der Waals surface area contributed by atoms with E-state index in [0.717, 1.165) is 5.69 Å². The molecule has 0 aliphatic rings. The van der Waals surface area contributed by atoms with Crippen molar-refractivity contribution in [3.63, 3.8) is 0 Å². The maximum absolute atomic E-state index is 4.82. The van der Waals surface area contributed by atoms with E-state index < -0.39 is 0 Å². The molecule has 0 aromatic carbocycles. The average molecular weight is 266 g/mol. The maximum Gasteiger partial charge on any atom is 0.111 e. The minimum atomic E-state index is 0.154. The first-order valence-corrected chi connectivity index (χ1v) is 8.01. The number of unbranched alkanes of at least 4 members (excludes halogenated alkanes) is 6. The summed E-state index contributed by atoms with van der Waals surface area (Å²) in [6.45, 7) is 6.83. The average Bonchev–Trinajstić information content (AvgIpc) is 2.95. The molecule has 0 amide bonds. The first-order chi connectivity index (χ1) is 9.23. The van der Waals surface area contributed by atoms with Crippen molar-refractivity contribution in [1.82, 2.24) is 10.3 Å². The van der Waals surface area contributed by atoms with E-state index in [0.29, 0.717) is 0 Å². The summed E-state index contributed by atoms with van der Waals surface area (Å²) < 4.78 is 4.82. The van der Waals surface area contributed by atoms with Gasteiger partial charge in [-0.1, -0.05) is 82.5 Å². The van der Waals surface area contributed by atoms with Crippen LogP contribution in [-0.2, 0) is 5.41 Å². The Bertz CT molecular complexity index is 297. The summed E-state index contributed by atoms with van der Waals surface area (Å²) in [5, 5.41) is 7.89. The molecule has 0 atom stereocenters. The lowest BCUT2D eigenvalue weighted by atomic mass is 9.77. The van der Waals surface area contributed by atoms with Gasteiger partial charge in [-0.3, -0.25) is 0 Å². The molecule has 0 radical (unpaired) electrons. The van der Waals surface area contributed by atoms with Crippen molar-refractivity contribution < 1.29 is 4.63 Å². The second kappa shape index (κ2) is 9.11. The van der Waals surface area contributed by atoms with E-state index in [4.69, 9.17) is 4.63 Å². The van der Waals surface area contributed by atoms with Crippen LogP contribution in [0.2, 0.25) is 0 Å². The second-order valence-corrected chi connectivity index (χ2v) is 5.97. The molecule has 1 aromatic rings. The van der Waals surface area contributed by atoms with Gasteiger partial charge >= 0.3 is 0 Å². The number of hydrogen-bond acceptors (Lipinski definition) is 3. The normalized spacial score (nSPS) is 11.9. The highest BCUT2D eigenvalue weighted by molar-refractivity contribution is 5.09. The summed E-state index contributed by atoms with van der Waals surface area (Å²) in [6.07, 6.45) is 14.7. The van der Waals surface area contributed by atoms with Gasteiger partial charge in [-0.15, -0.1) is 0 Å². The smallest absolute Gasteiger partial charge is 0.111 e. The molecule has 110 valence electrons. The Morgan fingerprint density at radius 3 is 1.95 bits per heavy atom. The lowest BCUT2D eigenvalue weighted by Gasteiger charge is -2.27. The molecule has 3 heteroatoms. The highest BCUT2D eigenvalue weighted by atomic mass is 16.6. The third-order valence-electron chi connectivity index (χ3n) is 4.14. The monoisotopic (exact) mass is 266 g/mol. The van der Waals surface area contributed by atoms with Crippen molar-refractivity contribution in [2.24, 2.45) is 0 Å². The van der Waals surface area contributed by atoms with Gasteiger partial charge in [-0.25, -0.2) is 4.63 Å². The Balaban J connectivity index is 2.47. The van der Waals surface area contributed by atoms with E-state index in [1.165, 1.54) is 64.2 Å². The van der Waals surface area contributed by atoms with Crippen molar-refractivity contribution >= 4 is 0 Å². The molecule has 0 bridgehead atoms. The Kier molecular flexibility index (Phi) is 7.76. The molecule has 0 spiro atoms. The molecule has 1 heterocycles. The van der Waals surface area contributed by atoms with Crippen LogP contribution in [0.1, 0.15) is 90.7 Å². The largest absolute Gasteiger partial charge is 0.244 e. The van der Waals surface area contributed by atoms with Gasteiger partial charge < -0.3 is 0 Å². The molecule has 0 fully saturated rings. The van der Waals surface area contributed by atoms with Crippen LogP contribution in [0.5, 0.6) is 0 Å². The topological polar surface area (TPSA) is 38.9 Å². The Labute approximate surface area is 118 Å². The molecular formula is C16H30N2O. The van der Waals surface area contributed by atoms with E-state index >= 15 is 0 Å². The minimum Gasteiger partial charge on any atom is -0.244 e. The zero-order valence-corrected chi connectivity index (χ0v) is 13.0. The summed E-state index contributed by atoms with van der Waals surface area (Å²) >= 11 is 0. The molecule has 0 N–H and O–H groups in total. The van der Waals surface area contributed by atoms with Crippen molar-refractivity contribution in [2.45, 2.75) is 90.4 Å². The van der Waals surface area contributed by atoms with Gasteiger partial charge in [0.2, 0.25) is 0 Å². The van der Waals surface area contributed by atoms with E-state index in [1.54, 1.807) is 6.20 Å². The minimum absolute atomic E-state index is 0.154. The van der Waals surface area contributed by atoms with Crippen LogP contribution < -0.4 is 0 Å². The fourth-order valence-electron chi connectivity index (χ4n) is 2.70. The lowest BCUT2D eigenvalue weighted by Crippen LogP contribution is -2.22. The van der Waals surface area contributed by atoms with E-state index in [1.807, 2.05) is 0 Å². The quantitative estimate of drug-likeness (QED) is 0.512. The highest BCUT2D eigenvalue weighted by Gasteiger charge is 2.29.